The van der Waals surface area contributed by atoms with Gasteiger partial charge in [-0.25, -0.2) is 14.5 Å². The fraction of sp³-hybridized carbons (Fsp3) is 0.364. The predicted octanol–water partition coefficient (Wildman–Crippen LogP) is 0.888. The summed E-state index contributed by atoms with van der Waals surface area (Å²) >= 11 is 1.04. The second-order valence-electron chi connectivity index (χ2n) is 4.41. The lowest BCUT2D eigenvalue weighted by atomic mass is 10.3. The maximum Gasteiger partial charge on any atom is 0.199 e. The fourth-order valence-corrected chi connectivity index (χ4v) is 3.12. The molecule has 6 nitrogen and oxygen atoms in total. The van der Waals surface area contributed by atoms with Crippen LogP contribution in [0.5, 0.6) is 0 Å². The van der Waals surface area contributed by atoms with Crippen molar-refractivity contribution in [2.24, 2.45) is 0 Å². The maximum atomic E-state index is 13.4. The van der Waals surface area contributed by atoms with Gasteiger partial charge in [-0.15, -0.1) is 0 Å². The van der Waals surface area contributed by atoms with Crippen molar-refractivity contribution in [3.05, 3.63) is 17.5 Å². The Labute approximate surface area is 111 Å². The Hall–Kier alpha value is -1.80. The second kappa shape index (κ2) is 4.10. The van der Waals surface area contributed by atoms with Crippen molar-refractivity contribution in [3.63, 3.8) is 0 Å². The molecule has 19 heavy (non-hydrogen) atoms. The highest BCUT2D eigenvalue weighted by Crippen LogP contribution is 2.28. The summed E-state index contributed by atoms with van der Waals surface area (Å²) < 4.78 is 15.1. The van der Waals surface area contributed by atoms with Gasteiger partial charge in [-0.05, 0) is 0 Å². The molecule has 0 saturated carbocycles. The van der Waals surface area contributed by atoms with E-state index in [0.29, 0.717) is 16.0 Å². The van der Waals surface area contributed by atoms with Crippen molar-refractivity contribution in [3.8, 4) is 0 Å². The molecule has 3 aromatic rings. The summed E-state index contributed by atoms with van der Waals surface area (Å²) in [6.45, 7) is 3.57. The first-order valence-electron chi connectivity index (χ1n) is 6.07. The average molecular weight is 278 g/mol. The molecule has 0 amide bonds. The third kappa shape index (κ3) is 1.67. The molecule has 4 heterocycles. The standard InChI is InChI=1S/C11H11FN6S/c12-8-5-7-11(19-8)16-10(9-14-6-15-18(7)9)17-3-1-13-2-4-17/h5-6,13H,1-4H2. The van der Waals surface area contributed by atoms with E-state index in [9.17, 15) is 4.39 Å². The van der Waals surface area contributed by atoms with E-state index in [1.807, 2.05) is 0 Å². The first-order valence-corrected chi connectivity index (χ1v) is 6.89. The molecule has 3 aromatic heterocycles. The topological polar surface area (TPSA) is 58.4 Å². The zero-order chi connectivity index (χ0) is 12.8. The molecule has 0 radical (unpaired) electrons. The van der Waals surface area contributed by atoms with Gasteiger partial charge in [-0.3, -0.25) is 0 Å². The molecule has 1 aliphatic heterocycles. The Kier molecular flexibility index (Phi) is 2.39. The van der Waals surface area contributed by atoms with Gasteiger partial charge in [0.1, 0.15) is 16.7 Å². The van der Waals surface area contributed by atoms with E-state index >= 15 is 0 Å². The van der Waals surface area contributed by atoms with E-state index in [1.54, 1.807) is 4.52 Å². The molecule has 98 valence electrons. The van der Waals surface area contributed by atoms with Gasteiger partial charge in [0, 0.05) is 32.2 Å². The van der Waals surface area contributed by atoms with Crippen LogP contribution in [0.25, 0.3) is 16.0 Å². The number of thiophene rings is 1. The molecule has 1 saturated heterocycles. The lowest BCUT2D eigenvalue weighted by Gasteiger charge is -2.28. The van der Waals surface area contributed by atoms with Crippen LogP contribution in [-0.4, -0.2) is 45.8 Å². The van der Waals surface area contributed by atoms with E-state index in [0.717, 1.165) is 43.3 Å². The van der Waals surface area contributed by atoms with E-state index in [1.165, 1.54) is 12.4 Å². The summed E-state index contributed by atoms with van der Waals surface area (Å²) in [5.74, 6) is 0.786. The molecule has 1 aliphatic rings. The molecular formula is C11H11FN6S. The fourth-order valence-electron chi connectivity index (χ4n) is 2.38. The minimum atomic E-state index is -0.253. The number of fused-ring (bicyclic) bond motifs is 3. The Morgan fingerprint density at radius 1 is 1.32 bits per heavy atom. The quantitative estimate of drug-likeness (QED) is 0.716. The number of hydrogen-bond donors (Lipinski definition) is 1. The lowest BCUT2D eigenvalue weighted by molar-refractivity contribution is 0.586. The number of piperazine rings is 1. The Bertz CT molecular complexity index is 744. The van der Waals surface area contributed by atoms with E-state index in [2.05, 4.69) is 25.3 Å². The number of aromatic nitrogens is 4. The zero-order valence-corrected chi connectivity index (χ0v) is 10.8. The van der Waals surface area contributed by atoms with Crippen LogP contribution < -0.4 is 10.2 Å². The largest absolute Gasteiger partial charge is 0.351 e. The summed E-state index contributed by atoms with van der Waals surface area (Å²) in [4.78, 5) is 11.7. The first kappa shape index (κ1) is 11.1. The van der Waals surface area contributed by atoms with E-state index < -0.39 is 0 Å². The van der Waals surface area contributed by atoms with Crippen LogP contribution in [0.15, 0.2) is 12.4 Å². The Balaban J connectivity index is 1.98. The van der Waals surface area contributed by atoms with Crippen molar-refractivity contribution < 1.29 is 4.39 Å². The number of anilines is 1. The van der Waals surface area contributed by atoms with Gasteiger partial charge in [-0.1, -0.05) is 11.3 Å². The van der Waals surface area contributed by atoms with Crippen LogP contribution in [-0.2, 0) is 0 Å². The molecule has 0 unspecified atom stereocenters. The Morgan fingerprint density at radius 3 is 3.00 bits per heavy atom. The third-order valence-corrected chi connectivity index (χ3v) is 4.07. The van der Waals surface area contributed by atoms with Gasteiger partial charge >= 0.3 is 0 Å². The van der Waals surface area contributed by atoms with Gasteiger partial charge in [-0.2, -0.15) is 9.49 Å². The monoisotopic (exact) mass is 278 g/mol. The highest BCUT2D eigenvalue weighted by molar-refractivity contribution is 7.17. The number of hydrogen-bond acceptors (Lipinski definition) is 6. The SMILES string of the molecule is Fc1cc2c(nc(N3CCNCC3)c3ncnn32)s1. The lowest BCUT2D eigenvalue weighted by Crippen LogP contribution is -2.44. The highest BCUT2D eigenvalue weighted by Gasteiger charge is 2.19. The van der Waals surface area contributed by atoms with Crippen molar-refractivity contribution >= 4 is 33.1 Å². The Morgan fingerprint density at radius 2 is 2.16 bits per heavy atom. The minimum absolute atomic E-state index is 0.253. The summed E-state index contributed by atoms with van der Waals surface area (Å²) in [5.41, 5.74) is 1.36. The highest BCUT2D eigenvalue weighted by atomic mass is 32.1. The molecule has 0 spiro atoms. The van der Waals surface area contributed by atoms with Crippen LogP contribution in [0.2, 0.25) is 0 Å². The number of halogens is 1. The molecule has 8 heteroatoms. The molecular weight excluding hydrogens is 267 g/mol. The predicted molar refractivity (Wildman–Crippen MR) is 71.2 cm³/mol. The number of nitrogens with one attached hydrogen (secondary N) is 1. The number of rotatable bonds is 1. The van der Waals surface area contributed by atoms with Crippen LogP contribution >= 0.6 is 11.3 Å². The van der Waals surface area contributed by atoms with Crippen molar-refractivity contribution in [2.45, 2.75) is 0 Å². The van der Waals surface area contributed by atoms with E-state index in [-0.39, 0.29) is 5.13 Å². The number of nitrogens with zero attached hydrogens (tertiary/aromatic N) is 5. The maximum absolute atomic E-state index is 13.4. The molecule has 0 atom stereocenters. The van der Waals surface area contributed by atoms with Gasteiger partial charge < -0.3 is 10.2 Å². The molecule has 0 aromatic carbocycles. The van der Waals surface area contributed by atoms with Crippen LogP contribution in [0, 0.1) is 5.13 Å². The third-order valence-electron chi connectivity index (χ3n) is 3.26. The molecule has 1 fully saturated rings. The first-order chi connectivity index (χ1) is 9.33. The average Bonchev–Trinajstić information content (AvgIpc) is 3.03. The van der Waals surface area contributed by atoms with Gasteiger partial charge in [0.15, 0.2) is 16.6 Å². The van der Waals surface area contributed by atoms with E-state index in [4.69, 9.17) is 0 Å². The molecule has 0 bridgehead atoms. The van der Waals surface area contributed by atoms with Crippen LogP contribution in [0.4, 0.5) is 10.2 Å². The second-order valence-corrected chi connectivity index (χ2v) is 5.39. The van der Waals surface area contributed by atoms with Gasteiger partial charge in [0.25, 0.3) is 0 Å². The van der Waals surface area contributed by atoms with Crippen molar-refractivity contribution in [1.82, 2.24) is 24.9 Å². The summed E-state index contributed by atoms with van der Waals surface area (Å²) in [5, 5.41) is 7.22. The van der Waals surface area contributed by atoms with Gasteiger partial charge in [0.2, 0.25) is 0 Å². The molecule has 4 rings (SSSR count). The smallest absolute Gasteiger partial charge is 0.199 e. The summed E-state index contributed by atoms with van der Waals surface area (Å²) in [6, 6.07) is 1.45. The van der Waals surface area contributed by atoms with Gasteiger partial charge in [0.05, 0.1) is 0 Å². The van der Waals surface area contributed by atoms with Crippen molar-refractivity contribution in [1.29, 1.82) is 0 Å². The normalized spacial score (nSPS) is 16.6. The van der Waals surface area contributed by atoms with Crippen molar-refractivity contribution in [2.75, 3.05) is 31.1 Å². The van der Waals surface area contributed by atoms with Crippen LogP contribution in [0.3, 0.4) is 0 Å². The molecule has 1 N–H and O–H groups in total. The molecule has 0 aliphatic carbocycles. The summed E-state index contributed by atoms with van der Waals surface area (Å²) in [7, 11) is 0. The zero-order valence-electron chi connectivity index (χ0n) is 10.0. The van der Waals surface area contributed by atoms with Crippen LogP contribution in [0.1, 0.15) is 0 Å². The summed E-state index contributed by atoms with van der Waals surface area (Å²) in [6.07, 6.45) is 1.48. The minimum Gasteiger partial charge on any atom is -0.351 e.